The van der Waals surface area contributed by atoms with Crippen molar-refractivity contribution in [3.05, 3.63) is 59.2 Å². The fourth-order valence-corrected chi connectivity index (χ4v) is 2.58. The molecule has 0 bridgehead atoms. The van der Waals surface area contributed by atoms with Gasteiger partial charge >= 0.3 is 5.97 Å². The first kappa shape index (κ1) is 19.8. The van der Waals surface area contributed by atoms with Crippen LogP contribution >= 0.6 is 0 Å². The maximum absolute atomic E-state index is 12.8. The third kappa shape index (κ3) is 5.47. The molecule has 0 aromatic heterocycles. The van der Waals surface area contributed by atoms with Crippen LogP contribution in [0.25, 0.3) is 0 Å². The van der Waals surface area contributed by atoms with E-state index < -0.39 is 18.4 Å². The molecule has 0 spiro atoms. The monoisotopic (exact) mass is 368 g/mol. The Morgan fingerprint density at radius 2 is 1.63 bits per heavy atom. The van der Waals surface area contributed by atoms with Crippen LogP contribution in [0.2, 0.25) is 0 Å². The Kier molecular flexibility index (Phi) is 6.78. The Hall–Kier alpha value is -3.53. The summed E-state index contributed by atoms with van der Waals surface area (Å²) in [6, 6.07) is 13.7. The van der Waals surface area contributed by atoms with Gasteiger partial charge in [-0.05, 0) is 35.4 Å². The summed E-state index contributed by atoms with van der Waals surface area (Å²) in [6.45, 7) is -0.364. The molecule has 0 aliphatic carbocycles. The van der Waals surface area contributed by atoms with Gasteiger partial charge in [0.1, 0.15) is 18.0 Å². The van der Waals surface area contributed by atoms with E-state index in [4.69, 9.17) is 14.7 Å². The van der Waals surface area contributed by atoms with Crippen LogP contribution in [0, 0.1) is 11.3 Å². The van der Waals surface area contributed by atoms with Gasteiger partial charge in [0.2, 0.25) is 0 Å². The van der Waals surface area contributed by atoms with Gasteiger partial charge in [0.15, 0.2) is 0 Å². The van der Waals surface area contributed by atoms with E-state index >= 15 is 0 Å². The minimum atomic E-state index is -1.11. The molecule has 2 aromatic rings. The molecule has 0 saturated carbocycles. The summed E-state index contributed by atoms with van der Waals surface area (Å²) in [5, 5.41) is 17.9. The molecule has 0 aliphatic heterocycles. The topological polar surface area (TPSA) is 99.9 Å². The van der Waals surface area contributed by atoms with Crippen molar-refractivity contribution in [3.8, 4) is 17.6 Å². The van der Waals surface area contributed by atoms with E-state index in [2.05, 4.69) is 0 Å². The van der Waals surface area contributed by atoms with Gasteiger partial charge in [-0.15, -0.1) is 0 Å². The van der Waals surface area contributed by atoms with Crippen molar-refractivity contribution in [1.82, 2.24) is 4.90 Å². The van der Waals surface area contributed by atoms with E-state index in [9.17, 15) is 14.7 Å². The van der Waals surface area contributed by atoms with E-state index in [1.807, 2.05) is 6.07 Å². The fourth-order valence-electron chi connectivity index (χ4n) is 2.58. The fraction of sp³-hybridized carbons (Fsp3) is 0.250. The van der Waals surface area contributed by atoms with Crippen LogP contribution in [-0.4, -0.2) is 42.6 Å². The quantitative estimate of drug-likeness (QED) is 0.768. The maximum Gasteiger partial charge on any atom is 0.323 e. The number of hydrogen-bond acceptors (Lipinski definition) is 5. The van der Waals surface area contributed by atoms with Crippen molar-refractivity contribution in [2.75, 3.05) is 20.8 Å². The number of nitrogens with zero attached hydrogens (tertiary/aromatic N) is 2. The lowest BCUT2D eigenvalue weighted by Crippen LogP contribution is -2.35. The first-order valence-electron chi connectivity index (χ1n) is 8.15. The van der Waals surface area contributed by atoms with E-state index in [1.165, 1.54) is 19.1 Å². The van der Waals surface area contributed by atoms with Gasteiger partial charge in [-0.25, -0.2) is 0 Å². The normalized spacial score (nSPS) is 9.96. The second kappa shape index (κ2) is 9.25. The molecular formula is C20H20N2O5. The second-order valence-electron chi connectivity index (χ2n) is 5.81. The van der Waals surface area contributed by atoms with Crippen molar-refractivity contribution in [2.24, 2.45) is 0 Å². The van der Waals surface area contributed by atoms with E-state index in [0.717, 1.165) is 5.56 Å². The molecule has 0 radical (unpaired) electrons. The highest BCUT2D eigenvalue weighted by molar-refractivity contribution is 5.95. The molecule has 140 valence electrons. The van der Waals surface area contributed by atoms with Crippen LogP contribution < -0.4 is 9.47 Å². The van der Waals surface area contributed by atoms with Crippen molar-refractivity contribution in [1.29, 1.82) is 5.26 Å². The van der Waals surface area contributed by atoms with E-state index in [-0.39, 0.29) is 13.0 Å². The van der Waals surface area contributed by atoms with Gasteiger partial charge in [-0.2, -0.15) is 5.26 Å². The molecule has 1 amide bonds. The molecule has 7 heteroatoms. The summed E-state index contributed by atoms with van der Waals surface area (Å²) in [7, 11) is 3.03. The summed E-state index contributed by atoms with van der Waals surface area (Å²) in [6.07, 6.45) is 0.247. The average molecular weight is 368 g/mol. The predicted octanol–water partition coefficient (Wildman–Crippen LogP) is 2.50. The third-order valence-corrected chi connectivity index (χ3v) is 3.88. The van der Waals surface area contributed by atoms with E-state index in [1.54, 1.807) is 42.5 Å². The lowest BCUT2D eigenvalue weighted by Gasteiger charge is -2.21. The summed E-state index contributed by atoms with van der Waals surface area (Å²) in [5.41, 5.74) is 1.83. The van der Waals surface area contributed by atoms with Crippen LogP contribution in [0.1, 0.15) is 21.5 Å². The number of amides is 1. The lowest BCUT2D eigenvalue weighted by atomic mass is 10.1. The molecular weight excluding hydrogens is 348 g/mol. The minimum absolute atomic E-state index is 0.0820. The van der Waals surface area contributed by atoms with Gasteiger partial charge in [0, 0.05) is 18.2 Å². The standard InChI is InChI=1S/C20H20N2O5/c1-26-17-9-15(10-18(11-17)27-2)12-22(13-19(23)24)20(25)16-5-3-14(4-6-16)7-8-21/h3-6,9-11H,7,12-13H2,1-2H3,(H,23,24). The van der Waals surface area contributed by atoms with Crippen molar-refractivity contribution < 1.29 is 24.2 Å². The molecule has 0 fully saturated rings. The van der Waals surface area contributed by atoms with Gasteiger partial charge < -0.3 is 19.5 Å². The number of nitriles is 1. The molecule has 0 atom stereocenters. The van der Waals surface area contributed by atoms with Crippen LogP contribution in [-0.2, 0) is 17.8 Å². The molecule has 0 heterocycles. The molecule has 2 aromatic carbocycles. The number of methoxy groups -OCH3 is 2. The smallest absolute Gasteiger partial charge is 0.323 e. The highest BCUT2D eigenvalue weighted by Crippen LogP contribution is 2.24. The number of aliphatic carboxylic acids is 1. The molecule has 0 aliphatic rings. The van der Waals surface area contributed by atoms with Crippen molar-refractivity contribution >= 4 is 11.9 Å². The largest absolute Gasteiger partial charge is 0.497 e. The van der Waals surface area contributed by atoms with Crippen LogP contribution in [0.15, 0.2) is 42.5 Å². The number of rotatable bonds is 8. The first-order chi connectivity index (χ1) is 13.0. The van der Waals surface area contributed by atoms with Gasteiger partial charge in [-0.3, -0.25) is 9.59 Å². The Bertz CT molecular complexity index is 833. The molecule has 1 N–H and O–H groups in total. The predicted molar refractivity (Wildman–Crippen MR) is 97.7 cm³/mol. The lowest BCUT2D eigenvalue weighted by molar-refractivity contribution is -0.137. The number of carboxylic acids is 1. The van der Waals surface area contributed by atoms with Gasteiger partial charge in [0.25, 0.3) is 5.91 Å². The maximum atomic E-state index is 12.8. The summed E-state index contributed by atoms with van der Waals surface area (Å²) < 4.78 is 10.4. The summed E-state index contributed by atoms with van der Waals surface area (Å²) >= 11 is 0. The summed E-state index contributed by atoms with van der Waals surface area (Å²) in [5.74, 6) is -0.428. The number of carbonyl (C=O) groups is 2. The SMILES string of the molecule is COc1cc(CN(CC(=O)O)C(=O)c2ccc(CC#N)cc2)cc(OC)c1. The second-order valence-corrected chi connectivity index (χ2v) is 5.81. The highest BCUT2D eigenvalue weighted by Gasteiger charge is 2.19. The first-order valence-corrected chi connectivity index (χ1v) is 8.15. The van der Waals surface area contributed by atoms with Crippen LogP contribution in [0.4, 0.5) is 0 Å². The number of benzene rings is 2. The number of ether oxygens (including phenoxy) is 2. The van der Waals surface area contributed by atoms with Crippen LogP contribution in [0.5, 0.6) is 11.5 Å². The average Bonchev–Trinajstić information content (AvgIpc) is 2.67. The molecule has 7 nitrogen and oxygen atoms in total. The zero-order valence-corrected chi connectivity index (χ0v) is 15.1. The Labute approximate surface area is 157 Å². The van der Waals surface area contributed by atoms with Crippen molar-refractivity contribution in [3.63, 3.8) is 0 Å². The van der Waals surface area contributed by atoms with Crippen molar-refractivity contribution in [2.45, 2.75) is 13.0 Å². The third-order valence-electron chi connectivity index (χ3n) is 3.88. The Morgan fingerprint density at radius 1 is 1.04 bits per heavy atom. The summed E-state index contributed by atoms with van der Waals surface area (Å²) in [4.78, 5) is 25.3. The highest BCUT2D eigenvalue weighted by atomic mass is 16.5. The zero-order chi connectivity index (χ0) is 19.8. The van der Waals surface area contributed by atoms with Gasteiger partial charge in [-0.1, -0.05) is 12.1 Å². The molecule has 0 saturated heterocycles. The number of carbonyl (C=O) groups excluding carboxylic acids is 1. The van der Waals surface area contributed by atoms with E-state index in [0.29, 0.717) is 22.6 Å². The van der Waals surface area contributed by atoms with Crippen LogP contribution in [0.3, 0.4) is 0 Å². The molecule has 2 rings (SSSR count). The Morgan fingerprint density at radius 3 is 2.11 bits per heavy atom. The Balaban J connectivity index is 2.28. The minimum Gasteiger partial charge on any atom is -0.497 e. The molecule has 0 unspecified atom stereocenters. The number of hydrogen-bond donors (Lipinski definition) is 1. The number of carboxylic acid groups (broad SMARTS) is 1. The zero-order valence-electron chi connectivity index (χ0n) is 15.1. The molecule has 27 heavy (non-hydrogen) atoms. The van der Waals surface area contributed by atoms with Gasteiger partial charge in [0.05, 0.1) is 26.7 Å².